The Morgan fingerprint density at radius 3 is 1.30 bits per heavy atom. The average molecular weight is 811 g/mol. The zero-order valence-corrected chi connectivity index (χ0v) is 36.0. The van der Waals surface area contributed by atoms with Gasteiger partial charge in [0.2, 0.25) is 0 Å². The molecule has 0 bridgehead atoms. The van der Waals surface area contributed by atoms with E-state index in [-0.39, 0.29) is 0 Å². The zero-order chi connectivity index (χ0) is 41.0. The largest absolute Gasteiger partial charge is 0.309 e. The van der Waals surface area contributed by atoms with Crippen LogP contribution in [-0.4, -0.2) is 0 Å². The fraction of sp³-hybridized carbons (Fsp3) is 0.107. The molecule has 2 aliphatic rings. The molecule has 0 heterocycles. The Bertz CT molecular complexity index is 3210. The van der Waals surface area contributed by atoms with E-state index >= 15 is 9.13 Å². The molecule has 0 aliphatic heterocycles. The molecule has 4 heteroatoms. The van der Waals surface area contributed by atoms with E-state index in [1.807, 2.05) is 121 Å². The van der Waals surface area contributed by atoms with E-state index in [0.29, 0.717) is 0 Å². The molecule has 0 spiro atoms. The first-order valence-electron chi connectivity index (χ1n) is 20.8. The van der Waals surface area contributed by atoms with Crippen LogP contribution in [-0.2, 0) is 20.0 Å². The summed E-state index contributed by atoms with van der Waals surface area (Å²) in [5.74, 6) is 0. The minimum absolute atomic E-state index is 0.405. The molecule has 0 radical (unpaired) electrons. The van der Waals surface area contributed by atoms with Crippen molar-refractivity contribution in [1.29, 1.82) is 0 Å². The van der Waals surface area contributed by atoms with E-state index in [0.717, 1.165) is 53.4 Å². The Labute approximate surface area is 352 Å². The molecular weight excluding hydrogens is 767 g/mol. The predicted molar refractivity (Wildman–Crippen MR) is 255 cm³/mol. The Hall–Kier alpha value is -6.04. The maximum absolute atomic E-state index is 16.4. The molecule has 0 unspecified atom stereocenters. The van der Waals surface area contributed by atoms with Crippen molar-refractivity contribution < 1.29 is 9.13 Å². The van der Waals surface area contributed by atoms with Crippen molar-refractivity contribution >= 4 is 67.7 Å². The van der Waals surface area contributed by atoms with Gasteiger partial charge in [-0.3, -0.25) is 0 Å². The number of benzene rings is 9. The Balaban J connectivity index is 1.17. The van der Waals surface area contributed by atoms with Crippen molar-refractivity contribution in [1.82, 2.24) is 0 Å². The van der Waals surface area contributed by atoms with Gasteiger partial charge < -0.3 is 9.13 Å². The quantitative estimate of drug-likeness (QED) is 0.124. The highest BCUT2D eigenvalue weighted by atomic mass is 31.2. The zero-order valence-electron chi connectivity index (χ0n) is 34.2. The van der Waals surface area contributed by atoms with Crippen LogP contribution in [0.2, 0.25) is 0 Å². The van der Waals surface area contributed by atoms with Gasteiger partial charge in [0.05, 0.1) is 0 Å². The lowest BCUT2D eigenvalue weighted by atomic mass is 9.72. The van der Waals surface area contributed by atoms with Gasteiger partial charge in [0.15, 0.2) is 14.3 Å². The van der Waals surface area contributed by atoms with Crippen molar-refractivity contribution in [3.63, 3.8) is 0 Å². The second kappa shape index (κ2) is 13.2. The Morgan fingerprint density at radius 1 is 0.350 bits per heavy atom. The van der Waals surface area contributed by atoms with Gasteiger partial charge in [0.1, 0.15) is 0 Å². The molecule has 2 nitrogen and oxygen atoms in total. The van der Waals surface area contributed by atoms with Gasteiger partial charge >= 0.3 is 0 Å². The fourth-order valence-electron chi connectivity index (χ4n) is 10.6. The van der Waals surface area contributed by atoms with Crippen LogP contribution in [0.25, 0.3) is 43.8 Å². The predicted octanol–water partition coefficient (Wildman–Crippen LogP) is 11.9. The lowest BCUT2D eigenvalue weighted by molar-refractivity contribution is 0.591. The summed E-state index contributed by atoms with van der Waals surface area (Å²) in [6.07, 6.45) is 0. The highest BCUT2D eigenvalue weighted by molar-refractivity contribution is 7.86. The lowest BCUT2D eigenvalue weighted by Crippen LogP contribution is -2.28. The molecule has 9 aromatic rings. The molecular formula is C56H44O2P2. The Kier molecular flexibility index (Phi) is 8.16. The summed E-state index contributed by atoms with van der Waals surface area (Å²) in [4.78, 5) is 0. The first-order chi connectivity index (χ1) is 29.0. The molecule has 0 amide bonds. The maximum atomic E-state index is 16.4. The van der Waals surface area contributed by atoms with E-state index in [9.17, 15) is 0 Å². The van der Waals surface area contributed by atoms with Crippen molar-refractivity contribution in [3.05, 3.63) is 216 Å². The highest BCUT2D eigenvalue weighted by Crippen LogP contribution is 2.61. The standard InChI is InChI=1S/C56H44O2P2/c1-55(2)49-35-43(59(57,39-21-9-5-10-22-39)40-23-11-6-12-24-40)29-30-44(49)45-31-32-46-52-48-34-38-20-18-17-19-37(38)33-47(48)51(36-50(52)56(3,4)54(46)53(45)55)60(58,41-25-13-7-14-26-41)42-27-15-8-16-28-42/h5-36H,1-4H3. The topological polar surface area (TPSA) is 34.1 Å². The van der Waals surface area contributed by atoms with E-state index in [2.05, 4.69) is 100 Å². The van der Waals surface area contributed by atoms with Crippen LogP contribution in [0.1, 0.15) is 49.9 Å². The second-order valence-electron chi connectivity index (χ2n) is 17.5. The van der Waals surface area contributed by atoms with Gasteiger partial charge in [-0.25, -0.2) is 0 Å². The molecule has 0 aromatic heterocycles. The molecule has 290 valence electrons. The number of fused-ring (bicyclic) bond motifs is 10. The normalized spacial score (nSPS) is 14.7. The maximum Gasteiger partial charge on any atom is 0.171 e. The van der Waals surface area contributed by atoms with Crippen LogP contribution in [0.5, 0.6) is 0 Å². The van der Waals surface area contributed by atoms with Gasteiger partial charge in [0, 0.05) is 42.7 Å². The van der Waals surface area contributed by atoms with Crippen molar-refractivity contribution in [2.75, 3.05) is 0 Å². The van der Waals surface area contributed by atoms with Gasteiger partial charge in [-0.2, -0.15) is 0 Å². The number of hydrogen-bond donors (Lipinski definition) is 0. The SMILES string of the molecule is CC1(C)c2cc(P(=O)(c3ccccc3)c3ccccc3)ccc2-c2ccc3c(c21)C(C)(C)c1cc(P(=O)(c2ccccc2)c2ccccc2)c2cc4ccccc4cc2c1-3. The van der Waals surface area contributed by atoms with Gasteiger partial charge in [-0.05, 0) is 90.3 Å². The molecule has 60 heavy (non-hydrogen) atoms. The summed E-state index contributed by atoms with van der Waals surface area (Å²) in [5, 5.41) is 9.49. The molecule has 0 saturated carbocycles. The molecule has 9 aromatic carbocycles. The summed E-state index contributed by atoms with van der Waals surface area (Å²) in [6.45, 7) is 9.39. The van der Waals surface area contributed by atoms with E-state index in [1.165, 1.54) is 44.5 Å². The monoisotopic (exact) mass is 810 g/mol. The number of hydrogen-bond acceptors (Lipinski definition) is 2. The number of rotatable bonds is 6. The summed E-state index contributed by atoms with van der Waals surface area (Å²) >= 11 is 0. The van der Waals surface area contributed by atoms with Crippen LogP contribution in [0.4, 0.5) is 0 Å². The Morgan fingerprint density at radius 2 is 0.767 bits per heavy atom. The summed E-state index contributed by atoms with van der Waals surface area (Å²) in [6, 6.07) is 66.7. The van der Waals surface area contributed by atoms with Gasteiger partial charge in [-0.15, -0.1) is 0 Å². The van der Waals surface area contributed by atoms with Crippen LogP contribution in [0.15, 0.2) is 194 Å². The second-order valence-corrected chi connectivity index (χ2v) is 23.0. The summed E-state index contributed by atoms with van der Waals surface area (Å²) < 4.78 is 32.0. The molecule has 0 atom stereocenters. The molecule has 0 fully saturated rings. The summed E-state index contributed by atoms with van der Waals surface area (Å²) in [7, 11) is -6.57. The average Bonchev–Trinajstić information content (AvgIpc) is 3.67. The molecule has 0 saturated heterocycles. The van der Waals surface area contributed by atoms with Crippen LogP contribution < -0.4 is 31.8 Å². The van der Waals surface area contributed by atoms with Crippen LogP contribution in [0.3, 0.4) is 0 Å². The molecule has 2 aliphatic carbocycles. The minimum Gasteiger partial charge on any atom is -0.309 e. The van der Waals surface area contributed by atoms with Crippen molar-refractivity contribution in [3.8, 4) is 22.3 Å². The molecule has 11 rings (SSSR count). The lowest BCUT2D eigenvalue weighted by Gasteiger charge is -2.31. The molecule has 0 N–H and O–H groups in total. The van der Waals surface area contributed by atoms with E-state index in [4.69, 9.17) is 0 Å². The first kappa shape index (κ1) is 37.0. The van der Waals surface area contributed by atoms with E-state index in [1.54, 1.807) is 0 Å². The third-order valence-corrected chi connectivity index (χ3v) is 19.7. The highest BCUT2D eigenvalue weighted by Gasteiger charge is 2.48. The third kappa shape index (κ3) is 5.08. The van der Waals surface area contributed by atoms with Crippen LogP contribution >= 0.6 is 14.3 Å². The van der Waals surface area contributed by atoms with E-state index < -0.39 is 25.1 Å². The van der Waals surface area contributed by atoms with Gasteiger partial charge in [0.25, 0.3) is 0 Å². The first-order valence-corrected chi connectivity index (χ1v) is 24.2. The van der Waals surface area contributed by atoms with Gasteiger partial charge in [-0.1, -0.05) is 198 Å². The third-order valence-electron chi connectivity index (χ3n) is 13.5. The smallest absolute Gasteiger partial charge is 0.171 e. The van der Waals surface area contributed by atoms with Crippen molar-refractivity contribution in [2.24, 2.45) is 0 Å². The van der Waals surface area contributed by atoms with Crippen LogP contribution in [0, 0.1) is 0 Å². The van der Waals surface area contributed by atoms with Crippen molar-refractivity contribution in [2.45, 2.75) is 38.5 Å². The summed E-state index contributed by atoms with van der Waals surface area (Å²) in [5.41, 5.74) is 9.04. The fourth-order valence-corrected chi connectivity index (χ4v) is 16.2. The minimum atomic E-state index is -3.37.